The second-order valence-electron chi connectivity index (χ2n) is 5.28. The number of rotatable bonds is 6. The first-order valence-corrected chi connectivity index (χ1v) is 7.13. The number of hydrogen-bond donors (Lipinski definition) is 0. The molecule has 2 rings (SSSR count). The quantitative estimate of drug-likeness (QED) is 0.695. The summed E-state index contributed by atoms with van der Waals surface area (Å²) in [6.07, 6.45) is 1.39. The zero-order chi connectivity index (χ0) is 16.0. The van der Waals surface area contributed by atoms with Crippen LogP contribution in [0.2, 0.25) is 0 Å². The molecular weight excluding hydrogens is 284 g/mol. The summed E-state index contributed by atoms with van der Waals surface area (Å²) in [5.41, 5.74) is 1.86. The van der Waals surface area contributed by atoms with Crippen molar-refractivity contribution in [3.8, 4) is 5.75 Å². The normalized spacial score (nSPS) is 13.3. The molecule has 0 spiro atoms. The third-order valence-corrected chi connectivity index (χ3v) is 3.07. The van der Waals surface area contributed by atoms with Crippen LogP contribution in [0.1, 0.15) is 31.1 Å². The van der Waals surface area contributed by atoms with Crippen LogP contribution in [0.5, 0.6) is 5.75 Å². The Morgan fingerprint density at radius 3 is 2.32 bits per heavy atom. The fraction of sp³-hybridized carbons (Fsp3) is 0.278. The van der Waals surface area contributed by atoms with Crippen LogP contribution in [0.4, 0.5) is 8.78 Å². The first kappa shape index (κ1) is 16.1. The van der Waals surface area contributed by atoms with Gasteiger partial charge in [0.1, 0.15) is 18.4 Å². The van der Waals surface area contributed by atoms with E-state index in [0.717, 1.165) is 23.8 Å². The lowest BCUT2D eigenvalue weighted by atomic mass is 10.1. The zero-order valence-electron chi connectivity index (χ0n) is 12.7. The van der Waals surface area contributed by atoms with E-state index >= 15 is 0 Å². The molecule has 0 saturated heterocycles. The van der Waals surface area contributed by atoms with Gasteiger partial charge in [0.25, 0.3) is 5.92 Å². The van der Waals surface area contributed by atoms with Crippen molar-refractivity contribution in [3.05, 3.63) is 65.7 Å². The smallest absolute Gasteiger partial charge is 0.264 e. The van der Waals surface area contributed by atoms with Gasteiger partial charge in [-0.25, -0.2) is 8.78 Å². The molecule has 0 radical (unpaired) electrons. The van der Waals surface area contributed by atoms with Crippen LogP contribution in [-0.4, -0.2) is 18.7 Å². The average molecular weight is 303 g/mol. The van der Waals surface area contributed by atoms with Crippen molar-refractivity contribution < 1.29 is 13.5 Å². The highest BCUT2D eigenvalue weighted by molar-refractivity contribution is 5.79. The van der Waals surface area contributed by atoms with E-state index in [4.69, 9.17) is 4.74 Å². The van der Waals surface area contributed by atoms with Crippen LogP contribution < -0.4 is 4.74 Å². The highest BCUT2D eigenvalue weighted by Gasteiger charge is 2.19. The molecule has 2 aromatic carbocycles. The Morgan fingerprint density at radius 1 is 1.09 bits per heavy atom. The molecule has 2 aromatic rings. The second-order valence-corrected chi connectivity index (χ2v) is 5.28. The zero-order valence-corrected chi connectivity index (χ0v) is 12.7. The largest absolute Gasteiger partial charge is 0.486 e. The molecule has 2 nitrogen and oxygen atoms in total. The SMILES string of the molecule is C[C@@H](Oc1ccc(/C=N/CC(C)(F)F)cc1)c1ccccc1. The van der Waals surface area contributed by atoms with Gasteiger partial charge in [0, 0.05) is 13.1 Å². The van der Waals surface area contributed by atoms with Crippen LogP contribution in [-0.2, 0) is 0 Å². The number of alkyl halides is 2. The van der Waals surface area contributed by atoms with E-state index in [0.29, 0.717) is 0 Å². The Bertz CT molecular complexity index is 603. The number of halogens is 2. The van der Waals surface area contributed by atoms with Gasteiger partial charge in [0.2, 0.25) is 0 Å². The van der Waals surface area contributed by atoms with Crippen molar-refractivity contribution in [2.24, 2.45) is 4.99 Å². The molecule has 0 aliphatic carbocycles. The van der Waals surface area contributed by atoms with Gasteiger partial charge < -0.3 is 4.74 Å². The molecule has 0 amide bonds. The van der Waals surface area contributed by atoms with Crippen LogP contribution in [0.25, 0.3) is 0 Å². The summed E-state index contributed by atoms with van der Waals surface area (Å²) in [5.74, 6) is -2.04. The summed E-state index contributed by atoms with van der Waals surface area (Å²) in [6, 6.07) is 17.1. The van der Waals surface area contributed by atoms with Crippen molar-refractivity contribution in [3.63, 3.8) is 0 Å². The summed E-state index contributed by atoms with van der Waals surface area (Å²) in [7, 11) is 0. The standard InChI is InChI=1S/C18H19F2NO/c1-14(16-6-4-3-5-7-16)22-17-10-8-15(9-11-17)12-21-13-18(2,19)20/h3-12,14H,13H2,1-2H3/b21-12+/t14-/m1/s1. The molecule has 22 heavy (non-hydrogen) atoms. The van der Waals surface area contributed by atoms with Crippen molar-refractivity contribution in [1.82, 2.24) is 0 Å². The summed E-state index contributed by atoms with van der Waals surface area (Å²) < 4.78 is 31.2. The second kappa shape index (κ2) is 7.16. The van der Waals surface area contributed by atoms with Crippen LogP contribution in [0.3, 0.4) is 0 Å². The lowest BCUT2D eigenvalue weighted by Gasteiger charge is -2.15. The van der Waals surface area contributed by atoms with Crippen LogP contribution in [0, 0.1) is 0 Å². The summed E-state index contributed by atoms with van der Waals surface area (Å²) in [4.78, 5) is 3.74. The Hall–Kier alpha value is -2.23. The summed E-state index contributed by atoms with van der Waals surface area (Å²) >= 11 is 0. The minimum atomic E-state index is -2.77. The van der Waals surface area contributed by atoms with Gasteiger partial charge in [-0.2, -0.15) is 0 Å². The van der Waals surface area contributed by atoms with E-state index in [1.165, 1.54) is 6.21 Å². The maximum atomic E-state index is 12.7. The highest BCUT2D eigenvalue weighted by Crippen LogP contribution is 2.21. The van der Waals surface area contributed by atoms with E-state index in [9.17, 15) is 8.78 Å². The fourth-order valence-electron chi connectivity index (χ4n) is 1.94. The highest BCUT2D eigenvalue weighted by atomic mass is 19.3. The number of benzene rings is 2. The molecule has 116 valence electrons. The number of hydrogen-bond acceptors (Lipinski definition) is 2. The van der Waals surface area contributed by atoms with E-state index in [1.807, 2.05) is 49.4 Å². The molecule has 0 fully saturated rings. The summed E-state index contributed by atoms with van der Waals surface area (Å²) in [5, 5.41) is 0. The number of ether oxygens (including phenoxy) is 1. The molecule has 1 atom stereocenters. The lowest BCUT2D eigenvalue weighted by molar-refractivity contribution is 0.0328. The number of aliphatic imine (C=N–C) groups is 1. The van der Waals surface area contributed by atoms with Crippen LogP contribution >= 0.6 is 0 Å². The third kappa shape index (κ3) is 5.28. The predicted molar refractivity (Wildman–Crippen MR) is 85.0 cm³/mol. The van der Waals surface area contributed by atoms with Crippen molar-refractivity contribution >= 4 is 6.21 Å². The first-order valence-electron chi connectivity index (χ1n) is 7.13. The minimum Gasteiger partial charge on any atom is -0.486 e. The van der Waals surface area contributed by atoms with Gasteiger partial charge in [-0.05, 0) is 42.3 Å². The number of nitrogens with zero attached hydrogens (tertiary/aromatic N) is 1. The molecule has 4 heteroatoms. The van der Waals surface area contributed by atoms with E-state index in [1.54, 1.807) is 12.1 Å². The molecule has 0 bridgehead atoms. The van der Waals surface area contributed by atoms with Gasteiger partial charge in [-0.3, -0.25) is 4.99 Å². The summed E-state index contributed by atoms with van der Waals surface area (Å²) in [6.45, 7) is 2.33. The van der Waals surface area contributed by atoms with Gasteiger partial charge in [0.15, 0.2) is 0 Å². The molecule has 0 unspecified atom stereocenters. The Morgan fingerprint density at radius 2 is 1.73 bits per heavy atom. The monoisotopic (exact) mass is 303 g/mol. The molecule has 0 aliphatic heterocycles. The van der Waals surface area contributed by atoms with Gasteiger partial charge in [-0.15, -0.1) is 0 Å². The molecule has 0 aliphatic rings. The third-order valence-electron chi connectivity index (χ3n) is 3.07. The van der Waals surface area contributed by atoms with Crippen molar-refractivity contribution in [2.45, 2.75) is 25.9 Å². The van der Waals surface area contributed by atoms with Gasteiger partial charge >= 0.3 is 0 Å². The Balaban J connectivity index is 1.95. The van der Waals surface area contributed by atoms with E-state index < -0.39 is 12.5 Å². The molecule has 0 aromatic heterocycles. The molecule has 0 N–H and O–H groups in total. The maximum Gasteiger partial charge on any atom is 0.264 e. The molecule has 0 saturated carbocycles. The molecule has 0 heterocycles. The van der Waals surface area contributed by atoms with Gasteiger partial charge in [0.05, 0.1) is 0 Å². The Kier molecular flexibility index (Phi) is 5.26. The average Bonchev–Trinajstić information content (AvgIpc) is 2.49. The topological polar surface area (TPSA) is 21.6 Å². The lowest BCUT2D eigenvalue weighted by Crippen LogP contribution is -2.13. The predicted octanol–water partition coefficient (Wildman–Crippen LogP) is 4.90. The maximum absolute atomic E-state index is 12.7. The molecular formula is C18H19F2NO. The Labute approximate surface area is 129 Å². The van der Waals surface area contributed by atoms with Crippen LogP contribution in [0.15, 0.2) is 59.6 Å². The first-order chi connectivity index (χ1) is 10.4. The van der Waals surface area contributed by atoms with Gasteiger partial charge in [-0.1, -0.05) is 30.3 Å². The fourth-order valence-corrected chi connectivity index (χ4v) is 1.94. The minimum absolute atomic E-state index is 0.0560. The van der Waals surface area contributed by atoms with E-state index in [2.05, 4.69) is 4.99 Å². The van der Waals surface area contributed by atoms with Crippen molar-refractivity contribution in [1.29, 1.82) is 0 Å². The van der Waals surface area contributed by atoms with E-state index in [-0.39, 0.29) is 6.10 Å². The van der Waals surface area contributed by atoms with Crippen molar-refractivity contribution in [2.75, 3.05) is 6.54 Å².